The van der Waals surface area contributed by atoms with Gasteiger partial charge in [-0.2, -0.15) is 19.0 Å². The number of hydrogen-bond acceptors (Lipinski definition) is 8. The molecule has 65 heavy (non-hydrogen) atoms. The van der Waals surface area contributed by atoms with Crippen molar-refractivity contribution in [1.29, 1.82) is 0 Å². The summed E-state index contributed by atoms with van der Waals surface area (Å²) in [4.78, 5) is 34.0. The number of carbonyl (C=O) groups is 1. The molecule has 0 aliphatic heterocycles. The first-order valence-electron chi connectivity index (χ1n) is 19.7. The lowest BCUT2D eigenvalue weighted by Gasteiger charge is -2.30. The van der Waals surface area contributed by atoms with Crippen molar-refractivity contribution < 1.29 is 44.3 Å². The molecule has 1 unspecified atom stereocenters. The van der Waals surface area contributed by atoms with Gasteiger partial charge in [-0.05, 0) is 84.5 Å². The predicted octanol–water partition coefficient (Wildman–Crippen LogP) is 8.34. The van der Waals surface area contributed by atoms with Gasteiger partial charge in [0.25, 0.3) is 17.9 Å². The fraction of sp³-hybridized carbons (Fsp3) is 0.279. The number of ether oxygens (including phenoxy) is 1. The number of alkyl halides is 4. The van der Waals surface area contributed by atoms with Crippen LogP contribution in [0.3, 0.4) is 0 Å². The number of benzene rings is 4. The normalized spacial score (nSPS) is 17.4. The van der Waals surface area contributed by atoms with Crippen molar-refractivity contribution in [2.75, 3.05) is 17.7 Å². The fourth-order valence-electron chi connectivity index (χ4n) is 9.03. The van der Waals surface area contributed by atoms with Crippen molar-refractivity contribution in [3.8, 4) is 11.4 Å². The lowest BCUT2D eigenvalue weighted by molar-refractivity contribution is -0.122. The van der Waals surface area contributed by atoms with E-state index in [1.807, 2.05) is 0 Å². The zero-order chi connectivity index (χ0) is 46.6. The predicted molar refractivity (Wildman–Crippen MR) is 231 cm³/mol. The summed E-state index contributed by atoms with van der Waals surface area (Å²) < 4.78 is 128. The SMILES string of the molecule is COc1ccc(CN(c2nn(C)c3c(-n4c([C@@H](Cc5cc(F)cc(F)c5)C(C(N)=O)n5nc(C(F)F)c6c5C(F)(F)[C@@H]5C[C@H]65)nc5cc(Br)ccc5c4=O)ccc(Cl)c23)S(C)(=O)=O)cc1. The van der Waals surface area contributed by atoms with Crippen LogP contribution in [0.4, 0.5) is 32.2 Å². The summed E-state index contributed by atoms with van der Waals surface area (Å²) in [5, 5.41) is 8.51. The number of methoxy groups -OCH3 is 1. The topological polar surface area (TPSA) is 160 Å². The largest absolute Gasteiger partial charge is 0.497 e. The molecule has 4 atom stereocenters. The van der Waals surface area contributed by atoms with E-state index in [2.05, 4.69) is 26.1 Å². The monoisotopic (exact) mass is 1000 g/mol. The van der Waals surface area contributed by atoms with Gasteiger partial charge in [0.15, 0.2) is 5.82 Å². The molecule has 1 fully saturated rings. The van der Waals surface area contributed by atoms with Gasteiger partial charge in [-0.3, -0.25) is 18.8 Å². The van der Waals surface area contributed by atoms with Gasteiger partial charge < -0.3 is 10.5 Å². The minimum absolute atomic E-state index is 0.00143. The second kappa shape index (κ2) is 15.9. The number of primary amides is 1. The molecule has 3 heterocycles. The molecule has 338 valence electrons. The number of aromatic nitrogens is 6. The molecule has 4 aromatic carbocycles. The maximum atomic E-state index is 16.3. The second-order valence-corrected chi connectivity index (χ2v) is 19.3. The Morgan fingerprint density at radius 2 is 1.72 bits per heavy atom. The number of aryl methyl sites for hydroxylation is 1. The second-order valence-electron chi connectivity index (χ2n) is 16.0. The molecule has 0 bridgehead atoms. The highest BCUT2D eigenvalue weighted by Gasteiger charge is 2.68. The van der Waals surface area contributed by atoms with Crippen molar-refractivity contribution in [3.63, 3.8) is 0 Å². The Morgan fingerprint density at radius 1 is 1.03 bits per heavy atom. The molecule has 2 N–H and O–H groups in total. The Morgan fingerprint density at radius 3 is 2.35 bits per heavy atom. The summed E-state index contributed by atoms with van der Waals surface area (Å²) in [6, 6.07) is 14.0. The molecular weight excluding hydrogens is 970 g/mol. The maximum absolute atomic E-state index is 16.3. The Balaban J connectivity index is 1.35. The number of rotatable bonds is 13. The van der Waals surface area contributed by atoms with Gasteiger partial charge in [0.05, 0.1) is 58.3 Å². The molecular formula is C43H34BrClF6N8O5S. The van der Waals surface area contributed by atoms with Crippen LogP contribution in [0.15, 0.2) is 82.1 Å². The summed E-state index contributed by atoms with van der Waals surface area (Å²) in [7, 11) is -1.21. The van der Waals surface area contributed by atoms with E-state index in [9.17, 15) is 30.8 Å². The molecule has 22 heteroatoms. The number of nitrogens with zero attached hydrogens (tertiary/aromatic N) is 7. The average Bonchev–Trinajstić information content (AvgIpc) is 3.74. The van der Waals surface area contributed by atoms with Crippen LogP contribution in [0.25, 0.3) is 27.5 Å². The van der Waals surface area contributed by atoms with Crippen molar-refractivity contribution in [2.24, 2.45) is 18.7 Å². The summed E-state index contributed by atoms with van der Waals surface area (Å²) in [5.41, 5.74) is 3.22. The summed E-state index contributed by atoms with van der Waals surface area (Å²) in [5.74, 6) is -11.4. The molecule has 1 saturated carbocycles. The van der Waals surface area contributed by atoms with Gasteiger partial charge in [-0.15, -0.1) is 0 Å². The lowest BCUT2D eigenvalue weighted by atomic mass is 9.89. The Bertz CT molecular complexity index is 3270. The minimum Gasteiger partial charge on any atom is -0.497 e. The Hall–Kier alpha value is -5.93. The van der Waals surface area contributed by atoms with Gasteiger partial charge in [0.2, 0.25) is 15.9 Å². The average molecular weight is 1000 g/mol. The molecule has 0 radical (unpaired) electrons. The quantitative estimate of drug-likeness (QED) is 0.113. The van der Waals surface area contributed by atoms with Crippen LogP contribution < -0.4 is 20.3 Å². The molecule has 13 nitrogen and oxygen atoms in total. The molecule has 7 aromatic rings. The van der Waals surface area contributed by atoms with Crippen LogP contribution in [0.2, 0.25) is 5.02 Å². The third-order valence-corrected chi connectivity index (χ3v) is 13.8. The van der Waals surface area contributed by atoms with Crippen molar-refractivity contribution >= 4 is 71.1 Å². The van der Waals surface area contributed by atoms with E-state index in [1.165, 1.54) is 43.1 Å². The summed E-state index contributed by atoms with van der Waals surface area (Å²) in [6.07, 6.45) is -3.14. The molecule has 2 aliphatic carbocycles. The molecule has 0 saturated heterocycles. The minimum atomic E-state index is -4.13. The zero-order valence-corrected chi connectivity index (χ0v) is 37.3. The number of nitrogens with two attached hydrogens (primary N) is 1. The zero-order valence-electron chi connectivity index (χ0n) is 34.1. The first kappa shape index (κ1) is 44.3. The molecule has 2 aliphatic rings. The Kier molecular flexibility index (Phi) is 10.8. The fourth-order valence-corrected chi connectivity index (χ4v) is 10.4. The lowest BCUT2D eigenvalue weighted by Crippen LogP contribution is -2.39. The van der Waals surface area contributed by atoms with Crippen molar-refractivity contribution in [3.05, 3.63) is 138 Å². The standard InChI is InChI=1S/C43H34BrClF6N8O5S/c1-56-36-31(11-10-29(45)33(36)41(55-56)57(65(3,62)63)18-19-4-7-24(64-2)8-5-19)58-40(53-30-15-21(44)6-9-25(30)42(58)61)27(14-20-12-22(46)16-23(47)13-20)35(39(52)60)59-37-32(34(54-59)38(48)49)26-17-28(26)43(37,50)51/h4-13,15-16,26-28,35,38H,14,17-18H2,1-3H3,(H2,52,60)/t26-,27-,28+,35?/m0/s1. The number of hydrogen-bond donors (Lipinski definition) is 1. The molecule has 0 spiro atoms. The third kappa shape index (κ3) is 7.50. The number of halogens is 8. The van der Waals surface area contributed by atoms with E-state index >= 15 is 13.6 Å². The van der Waals surface area contributed by atoms with Crippen LogP contribution in [0.1, 0.15) is 64.6 Å². The first-order chi connectivity index (χ1) is 30.7. The van der Waals surface area contributed by atoms with Gasteiger partial charge in [-0.1, -0.05) is 39.7 Å². The Labute approximate surface area is 378 Å². The van der Waals surface area contributed by atoms with E-state index in [-0.39, 0.29) is 56.9 Å². The summed E-state index contributed by atoms with van der Waals surface area (Å²) >= 11 is 10.2. The van der Waals surface area contributed by atoms with Gasteiger partial charge in [0.1, 0.15) is 40.6 Å². The van der Waals surface area contributed by atoms with Crippen LogP contribution in [-0.2, 0) is 40.8 Å². The maximum Gasteiger partial charge on any atom is 0.293 e. The molecule has 3 aromatic heterocycles. The smallest absolute Gasteiger partial charge is 0.293 e. The highest BCUT2D eigenvalue weighted by Crippen LogP contribution is 2.68. The van der Waals surface area contributed by atoms with Crippen LogP contribution in [0, 0.1) is 17.6 Å². The molecule has 9 rings (SSSR count). The van der Waals surface area contributed by atoms with E-state index < -0.39 is 98.5 Å². The van der Waals surface area contributed by atoms with Gasteiger partial charge in [-0.25, -0.2) is 40.0 Å². The van der Waals surface area contributed by atoms with Crippen LogP contribution in [-0.4, -0.2) is 56.8 Å². The van der Waals surface area contributed by atoms with E-state index in [1.54, 1.807) is 30.3 Å². The van der Waals surface area contributed by atoms with Crippen LogP contribution in [0.5, 0.6) is 5.75 Å². The number of sulfonamides is 1. The number of anilines is 1. The highest BCUT2D eigenvalue weighted by atomic mass is 79.9. The van der Waals surface area contributed by atoms with E-state index in [0.29, 0.717) is 26.5 Å². The third-order valence-electron chi connectivity index (χ3n) is 11.9. The highest BCUT2D eigenvalue weighted by molar-refractivity contribution is 9.10. The van der Waals surface area contributed by atoms with Gasteiger partial charge >= 0.3 is 0 Å². The molecule has 1 amide bonds. The first-order valence-corrected chi connectivity index (χ1v) is 22.7. The van der Waals surface area contributed by atoms with Crippen molar-refractivity contribution in [2.45, 2.75) is 49.6 Å². The number of amides is 1. The van der Waals surface area contributed by atoms with E-state index in [0.717, 1.165) is 27.3 Å². The number of fused-ring (bicyclic) bond motifs is 5. The van der Waals surface area contributed by atoms with Gasteiger partial charge in [0, 0.05) is 29.1 Å². The van der Waals surface area contributed by atoms with Crippen molar-refractivity contribution in [1.82, 2.24) is 29.1 Å². The summed E-state index contributed by atoms with van der Waals surface area (Å²) in [6.45, 7) is -0.235. The van der Waals surface area contributed by atoms with E-state index in [4.69, 9.17) is 27.1 Å². The number of carbonyl (C=O) groups excluding carboxylic acids is 1. The van der Waals surface area contributed by atoms with Crippen LogP contribution >= 0.6 is 27.5 Å².